The molecule has 5 nitrogen and oxygen atoms in total. The van der Waals surface area contributed by atoms with Gasteiger partial charge in [-0.15, -0.1) is 0 Å². The zero-order chi connectivity index (χ0) is 42.9. The lowest BCUT2D eigenvalue weighted by molar-refractivity contribution is 0.434. The van der Waals surface area contributed by atoms with Crippen LogP contribution >= 0.6 is 0 Å². The van der Waals surface area contributed by atoms with Crippen LogP contribution in [0.5, 0.6) is 11.5 Å². The highest BCUT2D eigenvalue weighted by atomic mass is 16.5. The summed E-state index contributed by atoms with van der Waals surface area (Å²) in [4.78, 5) is 15.1. The van der Waals surface area contributed by atoms with E-state index in [1.54, 1.807) is 0 Å². The number of hydrogen-bond donors (Lipinski definition) is 0. The summed E-state index contributed by atoms with van der Waals surface area (Å²) < 4.78 is 6.69. The summed E-state index contributed by atoms with van der Waals surface area (Å²) in [5.74, 6) is 3.43. The second-order valence-electron chi connectivity index (χ2n) is 15.9. The maximum Gasteiger partial charge on any atom is 0.164 e. The number of rotatable bonds is 8. The minimum absolute atomic E-state index is 0.567. The van der Waals surface area contributed by atoms with Crippen molar-refractivity contribution in [3.8, 4) is 85.1 Å². The van der Waals surface area contributed by atoms with E-state index in [1.807, 2.05) is 84.9 Å². The predicted octanol–water partition coefficient (Wildman–Crippen LogP) is 14.2. The monoisotopic (exact) mass is 818 g/mol. The summed E-state index contributed by atoms with van der Waals surface area (Å²) in [5, 5.41) is 9.72. The van der Waals surface area contributed by atoms with Crippen LogP contribution < -0.4 is 4.74 Å². The molecule has 1 aromatic heterocycles. The van der Waals surface area contributed by atoms with Crippen LogP contribution in [0.4, 0.5) is 0 Å². The largest absolute Gasteiger partial charge is 0.457 e. The van der Waals surface area contributed by atoms with Gasteiger partial charge in [-0.1, -0.05) is 194 Å². The van der Waals surface area contributed by atoms with Gasteiger partial charge >= 0.3 is 0 Å². The van der Waals surface area contributed by atoms with Crippen LogP contribution in [-0.4, -0.2) is 15.0 Å². The third-order valence-electron chi connectivity index (χ3n) is 12.1. The predicted molar refractivity (Wildman–Crippen MR) is 256 cm³/mol. The summed E-state index contributed by atoms with van der Waals surface area (Å²) in [6, 6.07) is 81.6. The topological polar surface area (TPSA) is 71.7 Å². The Bertz CT molecular complexity index is 3320. The van der Waals surface area contributed by atoms with Gasteiger partial charge in [0.1, 0.15) is 11.5 Å². The van der Waals surface area contributed by atoms with Crippen LogP contribution in [0.15, 0.2) is 231 Å². The van der Waals surface area contributed by atoms with Gasteiger partial charge in [0.05, 0.1) is 17.0 Å². The lowest BCUT2D eigenvalue weighted by Gasteiger charge is -2.41. The first-order valence-corrected chi connectivity index (χ1v) is 21.3. The van der Waals surface area contributed by atoms with Gasteiger partial charge in [-0.05, 0) is 80.9 Å². The van der Waals surface area contributed by atoms with E-state index in [0.29, 0.717) is 23.0 Å². The van der Waals surface area contributed by atoms with E-state index in [0.717, 1.165) is 72.7 Å². The molecule has 0 bridgehead atoms. The van der Waals surface area contributed by atoms with Crippen LogP contribution in [0, 0.1) is 11.3 Å². The smallest absolute Gasteiger partial charge is 0.164 e. The van der Waals surface area contributed by atoms with Crippen molar-refractivity contribution in [3.05, 3.63) is 258 Å². The molecule has 11 rings (SSSR count). The first-order valence-electron chi connectivity index (χ1n) is 21.3. The number of fused-ring (bicyclic) bond motifs is 2. The van der Waals surface area contributed by atoms with Crippen molar-refractivity contribution in [2.24, 2.45) is 0 Å². The molecule has 9 aromatic carbocycles. The van der Waals surface area contributed by atoms with Gasteiger partial charge in [0.2, 0.25) is 0 Å². The van der Waals surface area contributed by atoms with Crippen LogP contribution in [0.25, 0.3) is 67.5 Å². The molecule has 0 aliphatic carbocycles. The summed E-state index contributed by atoms with van der Waals surface area (Å²) in [6.07, 6.45) is 0. The Morgan fingerprint density at radius 3 is 1.42 bits per heavy atom. The van der Waals surface area contributed by atoms with Crippen LogP contribution in [0.1, 0.15) is 27.8 Å². The lowest BCUT2D eigenvalue weighted by Crippen LogP contribution is -2.34. The normalized spacial score (nSPS) is 12.3. The van der Waals surface area contributed by atoms with Crippen LogP contribution in [0.3, 0.4) is 0 Å². The average Bonchev–Trinajstić information content (AvgIpc) is 3.38. The first-order chi connectivity index (χ1) is 31.7. The molecule has 1 aliphatic rings. The third kappa shape index (κ3) is 6.81. The van der Waals surface area contributed by atoms with Crippen molar-refractivity contribution in [1.29, 1.82) is 5.26 Å². The Morgan fingerprint density at radius 2 is 0.781 bits per heavy atom. The molecule has 0 saturated carbocycles. The standard InChI is InChI=1S/C59H38N4O/c60-39-48-18-10-11-27-51(48)40-30-32-42(33-31-40)57-61-56(41-16-4-1-5-17-41)62-58(63-57)47-22-15-21-45(37-47)43-19-14-20-44(36-43)46-34-35-55-53(38-46)59(49-23-6-2-7-24-49,50-25-8-3-9-26-50)52-28-12-13-29-54(52)64-55/h1-38H. The van der Waals surface area contributed by atoms with E-state index in [1.165, 1.54) is 11.1 Å². The zero-order valence-corrected chi connectivity index (χ0v) is 34.6. The van der Waals surface area contributed by atoms with Crippen molar-refractivity contribution in [1.82, 2.24) is 15.0 Å². The number of nitriles is 1. The summed E-state index contributed by atoms with van der Waals surface area (Å²) in [7, 11) is 0. The highest BCUT2D eigenvalue weighted by molar-refractivity contribution is 5.80. The molecule has 2 heterocycles. The first kappa shape index (κ1) is 38.2. The molecular weight excluding hydrogens is 781 g/mol. The summed E-state index contributed by atoms with van der Waals surface area (Å²) in [6.45, 7) is 0. The van der Waals surface area contributed by atoms with E-state index < -0.39 is 5.41 Å². The molecule has 0 unspecified atom stereocenters. The Labute approximate surface area is 372 Å². The van der Waals surface area contributed by atoms with Gasteiger partial charge in [-0.2, -0.15) is 5.26 Å². The molecule has 0 atom stereocenters. The second-order valence-corrected chi connectivity index (χ2v) is 15.9. The molecule has 10 aromatic rings. The molecule has 1 aliphatic heterocycles. The number of benzene rings is 9. The maximum absolute atomic E-state index is 9.72. The van der Waals surface area contributed by atoms with Crippen molar-refractivity contribution in [2.45, 2.75) is 5.41 Å². The minimum Gasteiger partial charge on any atom is -0.457 e. The van der Waals surface area contributed by atoms with Crippen molar-refractivity contribution >= 4 is 0 Å². The molecule has 0 amide bonds. The lowest BCUT2D eigenvalue weighted by atomic mass is 9.63. The Hall–Kier alpha value is -8.72. The number of nitrogens with zero attached hydrogens (tertiary/aromatic N) is 4. The van der Waals surface area contributed by atoms with Crippen molar-refractivity contribution in [2.75, 3.05) is 0 Å². The molecule has 5 heteroatoms. The highest BCUT2D eigenvalue weighted by Gasteiger charge is 2.45. The Kier molecular flexibility index (Phi) is 9.72. The molecule has 0 spiro atoms. The van der Waals surface area contributed by atoms with Gasteiger partial charge in [0.25, 0.3) is 0 Å². The van der Waals surface area contributed by atoms with E-state index in [-0.39, 0.29) is 0 Å². The number of hydrogen-bond acceptors (Lipinski definition) is 5. The van der Waals surface area contributed by atoms with E-state index >= 15 is 0 Å². The molecule has 64 heavy (non-hydrogen) atoms. The Morgan fingerprint density at radius 1 is 0.344 bits per heavy atom. The maximum atomic E-state index is 9.72. The van der Waals surface area contributed by atoms with Crippen LogP contribution in [-0.2, 0) is 5.41 Å². The molecule has 0 radical (unpaired) electrons. The van der Waals surface area contributed by atoms with Gasteiger partial charge in [0, 0.05) is 27.8 Å². The minimum atomic E-state index is -0.610. The molecular formula is C59H38N4O. The van der Waals surface area contributed by atoms with Gasteiger partial charge in [0.15, 0.2) is 17.5 Å². The number of para-hydroxylation sites is 1. The SMILES string of the molecule is N#Cc1ccccc1-c1ccc(-c2nc(-c3ccccc3)nc(-c3cccc(-c4cccc(-c5ccc6c(c5)C(c5ccccc5)(c5ccccc5)c5ccccc5O6)c4)c3)n2)cc1. The van der Waals surface area contributed by atoms with Crippen LogP contribution in [0.2, 0.25) is 0 Å². The third-order valence-corrected chi connectivity index (χ3v) is 12.1. The highest BCUT2D eigenvalue weighted by Crippen LogP contribution is 2.56. The van der Waals surface area contributed by atoms with E-state index in [9.17, 15) is 5.26 Å². The zero-order valence-electron chi connectivity index (χ0n) is 34.6. The van der Waals surface area contributed by atoms with Gasteiger partial charge in [-0.3, -0.25) is 0 Å². The van der Waals surface area contributed by atoms with Gasteiger partial charge in [-0.25, -0.2) is 15.0 Å². The van der Waals surface area contributed by atoms with E-state index in [4.69, 9.17) is 19.7 Å². The van der Waals surface area contributed by atoms with Crippen molar-refractivity contribution in [3.63, 3.8) is 0 Å². The fourth-order valence-electron chi connectivity index (χ4n) is 9.08. The molecule has 0 fully saturated rings. The average molecular weight is 819 g/mol. The molecule has 0 N–H and O–H groups in total. The number of ether oxygens (including phenoxy) is 1. The van der Waals surface area contributed by atoms with E-state index in [2.05, 4.69) is 152 Å². The fourth-order valence-corrected chi connectivity index (χ4v) is 9.08. The van der Waals surface area contributed by atoms with Crippen molar-refractivity contribution < 1.29 is 4.74 Å². The van der Waals surface area contributed by atoms with Gasteiger partial charge < -0.3 is 4.74 Å². The fraction of sp³-hybridized carbons (Fsp3) is 0.0169. The quantitative estimate of drug-likeness (QED) is 0.153. The summed E-state index contributed by atoms with van der Waals surface area (Å²) >= 11 is 0. The number of aromatic nitrogens is 3. The second kappa shape index (κ2) is 16.3. The molecule has 0 saturated heterocycles. The Balaban J connectivity index is 0.989. The summed E-state index contributed by atoms with van der Waals surface area (Å²) in [5.41, 5.74) is 13.3. The molecule has 300 valence electrons.